The average molecular weight is 311 g/mol. The zero-order valence-corrected chi connectivity index (χ0v) is 12.7. The van der Waals surface area contributed by atoms with Crippen molar-refractivity contribution in [2.24, 2.45) is 5.92 Å². The molecule has 5 heteroatoms. The summed E-state index contributed by atoms with van der Waals surface area (Å²) in [6.45, 7) is 0. The number of esters is 1. The van der Waals surface area contributed by atoms with Crippen molar-refractivity contribution in [3.8, 4) is 5.75 Å². The van der Waals surface area contributed by atoms with Crippen LogP contribution >= 0.6 is 0 Å². The Labute approximate surface area is 134 Å². The Kier molecular flexibility index (Phi) is 4.28. The molecule has 3 rings (SSSR count). The molecule has 0 spiro atoms. The number of anilines is 1. The molecule has 1 aliphatic rings. The Balaban J connectivity index is 1.81. The molecule has 1 amide bonds. The second kappa shape index (κ2) is 6.52. The molecule has 2 atom stereocenters. The summed E-state index contributed by atoms with van der Waals surface area (Å²) in [4.78, 5) is 24.3. The van der Waals surface area contributed by atoms with Crippen molar-refractivity contribution in [3.63, 3.8) is 0 Å². The first-order chi connectivity index (χ1) is 11.2. The molecule has 0 aliphatic carbocycles. The van der Waals surface area contributed by atoms with E-state index in [0.717, 1.165) is 5.56 Å². The smallest absolute Gasteiger partial charge is 0.307 e. The number of amides is 1. The molecular formula is C18H17NO4. The molecule has 0 aromatic heterocycles. The first-order valence-corrected chi connectivity index (χ1v) is 7.37. The monoisotopic (exact) mass is 311 g/mol. The Hall–Kier alpha value is -2.82. The maximum Gasteiger partial charge on any atom is 0.307 e. The van der Waals surface area contributed by atoms with Gasteiger partial charge in [0.25, 0.3) is 0 Å². The van der Waals surface area contributed by atoms with Gasteiger partial charge in [0, 0.05) is 0 Å². The number of hydrogen-bond acceptors (Lipinski definition) is 4. The van der Waals surface area contributed by atoms with Gasteiger partial charge in [0.2, 0.25) is 5.91 Å². The fraction of sp³-hybridized carbons (Fsp3) is 0.222. The normalized spacial score (nSPS) is 20.0. The molecule has 0 unspecified atom stereocenters. The molecule has 2 aromatic rings. The number of hydrogen-bond donors (Lipinski definition) is 1. The minimum Gasteiger partial charge on any atom is -0.495 e. The van der Waals surface area contributed by atoms with E-state index in [1.165, 1.54) is 0 Å². The van der Waals surface area contributed by atoms with Gasteiger partial charge in [-0.3, -0.25) is 9.59 Å². The van der Waals surface area contributed by atoms with E-state index in [1.54, 1.807) is 19.2 Å². The summed E-state index contributed by atoms with van der Waals surface area (Å²) >= 11 is 0. The van der Waals surface area contributed by atoms with Crippen LogP contribution in [0.2, 0.25) is 0 Å². The van der Waals surface area contributed by atoms with Gasteiger partial charge in [-0.2, -0.15) is 0 Å². The third kappa shape index (κ3) is 3.18. The molecule has 5 nitrogen and oxygen atoms in total. The molecule has 0 radical (unpaired) electrons. The molecule has 2 aromatic carbocycles. The van der Waals surface area contributed by atoms with Gasteiger partial charge in [-0.1, -0.05) is 42.5 Å². The Morgan fingerprint density at radius 3 is 2.57 bits per heavy atom. The third-order valence-corrected chi connectivity index (χ3v) is 3.84. The summed E-state index contributed by atoms with van der Waals surface area (Å²) < 4.78 is 10.6. The number of methoxy groups -OCH3 is 1. The maximum absolute atomic E-state index is 12.6. The zero-order chi connectivity index (χ0) is 16.2. The van der Waals surface area contributed by atoms with Gasteiger partial charge in [0.1, 0.15) is 11.9 Å². The van der Waals surface area contributed by atoms with Crippen LogP contribution in [0.25, 0.3) is 0 Å². The van der Waals surface area contributed by atoms with Crippen molar-refractivity contribution >= 4 is 17.6 Å². The van der Waals surface area contributed by atoms with Crippen molar-refractivity contribution in [3.05, 3.63) is 60.2 Å². The number of benzene rings is 2. The van der Waals surface area contributed by atoms with Gasteiger partial charge < -0.3 is 14.8 Å². The second-order valence-corrected chi connectivity index (χ2v) is 5.32. The molecule has 1 aliphatic heterocycles. The summed E-state index contributed by atoms with van der Waals surface area (Å²) in [5.74, 6) is -0.606. The van der Waals surface area contributed by atoms with Crippen LogP contribution in [0.1, 0.15) is 18.1 Å². The van der Waals surface area contributed by atoms with Gasteiger partial charge in [-0.15, -0.1) is 0 Å². The molecule has 118 valence electrons. The zero-order valence-electron chi connectivity index (χ0n) is 12.7. The Morgan fingerprint density at radius 2 is 1.83 bits per heavy atom. The topological polar surface area (TPSA) is 64.6 Å². The van der Waals surface area contributed by atoms with Crippen LogP contribution in [0.3, 0.4) is 0 Å². The minimum absolute atomic E-state index is 0.0700. The van der Waals surface area contributed by atoms with Gasteiger partial charge in [-0.05, 0) is 17.7 Å². The van der Waals surface area contributed by atoms with E-state index in [9.17, 15) is 9.59 Å². The van der Waals surface area contributed by atoms with Crippen LogP contribution < -0.4 is 10.1 Å². The van der Waals surface area contributed by atoms with E-state index in [0.29, 0.717) is 11.4 Å². The molecule has 23 heavy (non-hydrogen) atoms. The third-order valence-electron chi connectivity index (χ3n) is 3.84. The number of ether oxygens (including phenoxy) is 2. The average Bonchev–Trinajstić information content (AvgIpc) is 2.98. The lowest BCUT2D eigenvalue weighted by Gasteiger charge is -2.18. The molecular weight excluding hydrogens is 294 g/mol. The summed E-state index contributed by atoms with van der Waals surface area (Å²) in [6.07, 6.45) is -0.487. The van der Waals surface area contributed by atoms with E-state index in [1.807, 2.05) is 42.5 Å². The van der Waals surface area contributed by atoms with Gasteiger partial charge in [-0.25, -0.2) is 0 Å². The predicted molar refractivity (Wildman–Crippen MR) is 85.0 cm³/mol. The molecule has 0 bridgehead atoms. The highest BCUT2D eigenvalue weighted by Crippen LogP contribution is 2.36. The van der Waals surface area contributed by atoms with Crippen molar-refractivity contribution in [1.82, 2.24) is 0 Å². The highest BCUT2D eigenvalue weighted by atomic mass is 16.6. The van der Waals surface area contributed by atoms with Gasteiger partial charge in [0.15, 0.2) is 0 Å². The van der Waals surface area contributed by atoms with Crippen molar-refractivity contribution < 1.29 is 19.1 Å². The Morgan fingerprint density at radius 1 is 1.13 bits per heavy atom. The second-order valence-electron chi connectivity index (χ2n) is 5.32. The van der Waals surface area contributed by atoms with Crippen LogP contribution in [-0.2, 0) is 14.3 Å². The van der Waals surface area contributed by atoms with E-state index in [4.69, 9.17) is 9.47 Å². The first-order valence-electron chi connectivity index (χ1n) is 7.37. The summed E-state index contributed by atoms with van der Waals surface area (Å²) in [6, 6.07) is 16.5. The number of cyclic esters (lactones) is 1. The molecule has 1 saturated heterocycles. The highest BCUT2D eigenvalue weighted by Gasteiger charge is 2.40. The van der Waals surface area contributed by atoms with E-state index in [2.05, 4.69) is 5.32 Å². The quantitative estimate of drug-likeness (QED) is 0.882. The summed E-state index contributed by atoms with van der Waals surface area (Å²) in [5, 5.41) is 2.83. The maximum atomic E-state index is 12.6. The van der Waals surface area contributed by atoms with Crippen molar-refractivity contribution in [2.75, 3.05) is 12.4 Å². The predicted octanol–water partition coefficient (Wildman–Crippen LogP) is 2.94. The van der Waals surface area contributed by atoms with Crippen LogP contribution in [0.5, 0.6) is 5.75 Å². The van der Waals surface area contributed by atoms with Crippen molar-refractivity contribution in [1.29, 1.82) is 0 Å². The highest BCUT2D eigenvalue weighted by molar-refractivity contribution is 5.97. The first kappa shape index (κ1) is 15.1. The SMILES string of the molecule is COc1ccccc1NC(=O)[C@H]1CC(=O)O[C@@H]1c1ccccc1. The van der Waals surface area contributed by atoms with Crippen LogP contribution in [0, 0.1) is 5.92 Å². The number of para-hydroxylation sites is 2. The van der Waals surface area contributed by atoms with Crippen LogP contribution in [0.15, 0.2) is 54.6 Å². The van der Waals surface area contributed by atoms with Gasteiger partial charge in [0.05, 0.1) is 25.1 Å². The number of rotatable bonds is 4. The lowest BCUT2D eigenvalue weighted by molar-refractivity contribution is -0.141. The van der Waals surface area contributed by atoms with E-state index >= 15 is 0 Å². The van der Waals surface area contributed by atoms with Crippen LogP contribution in [-0.4, -0.2) is 19.0 Å². The molecule has 1 fully saturated rings. The lowest BCUT2D eigenvalue weighted by Crippen LogP contribution is -2.25. The molecule has 1 heterocycles. The standard InChI is InChI=1S/C18H17NO4/c1-22-15-10-6-5-9-14(15)19-18(21)13-11-16(20)23-17(13)12-7-3-2-4-8-12/h2-10,13,17H,11H2,1H3,(H,19,21)/t13-,17+/m0/s1. The van der Waals surface area contributed by atoms with Gasteiger partial charge >= 0.3 is 5.97 Å². The summed E-state index contributed by atoms with van der Waals surface area (Å²) in [7, 11) is 1.54. The number of nitrogens with one attached hydrogen (secondary N) is 1. The van der Waals surface area contributed by atoms with Crippen LogP contribution in [0.4, 0.5) is 5.69 Å². The molecule has 1 N–H and O–H groups in total. The Bertz CT molecular complexity index is 714. The summed E-state index contributed by atoms with van der Waals surface area (Å²) in [5.41, 5.74) is 1.39. The lowest BCUT2D eigenvalue weighted by atomic mass is 9.94. The van der Waals surface area contributed by atoms with Crippen molar-refractivity contribution in [2.45, 2.75) is 12.5 Å². The minimum atomic E-state index is -0.560. The fourth-order valence-electron chi connectivity index (χ4n) is 2.71. The largest absolute Gasteiger partial charge is 0.495 e. The fourth-order valence-corrected chi connectivity index (χ4v) is 2.71. The number of carbonyl (C=O) groups excluding carboxylic acids is 2. The van der Waals surface area contributed by atoms with E-state index in [-0.39, 0.29) is 18.3 Å². The molecule has 0 saturated carbocycles. The number of carbonyl (C=O) groups is 2. The van der Waals surface area contributed by atoms with E-state index < -0.39 is 12.0 Å².